The summed E-state index contributed by atoms with van der Waals surface area (Å²) in [5.74, 6) is -0.387. The highest BCUT2D eigenvalue weighted by molar-refractivity contribution is 5.75. The third kappa shape index (κ3) is 1.93. The van der Waals surface area contributed by atoms with Crippen LogP contribution in [0, 0.1) is 0 Å². The normalized spacial score (nSPS) is 12.5. The lowest BCUT2D eigenvalue weighted by atomic mass is 9.88. The molecule has 1 aromatic heterocycles. The van der Waals surface area contributed by atoms with Gasteiger partial charge in [-0.05, 0) is 30.0 Å². The maximum Gasteiger partial charge on any atom is 0.308 e. The van der Waals surface area contributed by atoms with Crippen molar-refractivity contribution in [3.05, 3.63) is 51.9 Å². The first-order valence-corrected chi connectivity index (χ1v) is 6.57. The van der Waals surface area contributed by atoms with Crippen LogP contribution >= 0.6 is 0 Å². The molecule has 1 aromatic carbocycles. The van der Waals surface area contributed by atoms with Crippen molar-refractivity contribution >= 4 is 5.97 Å². The fraction of sp³-hybridized carbons (Fsp3) is 0.250. The molecule has 0 amide bonds. The van der Waals surface area contributed by atoms with Crippen molar-refractivity contribution in [1.82, 2.24) is 4.57 Å². The molecule has 0 radical (unpaired) electrons. The maximum atomic E-state index is 12.2. The molecule has 0 fully saturated rings. The Labute approximate surface area is 116 Å². The summed E-state index contributed by atoms with van der Waals surface area (Å²) in [5.41, 5.74) is 4.07. The predicted molar refractivity (Wildman–Crippen MR) is 75.8 cm³/mol. The van der Waals surface area contributed by atoms with Crippen LogP contribution in [0.15, 0.2) is 35.1 Å². The van der Waals surface area contributed by atoms with E-state index in [2.05, 4.69) is 6.07 Å². The molecule has 0 atom stereocenters. The van der Waals surface area contributed by atoms with Gasteiger partial charge in [0.25, 0.3) is 5.56 Å². The minimum absolute atomic E-state index is 0.0930. The van der Waals surface area contributed by atoms with Gasteiger partial charge in [0.15, 0.2) is 5.75 Å². The van der Waals surface area contributed by atoms with Crippen molar-refractivity contribution in [2.75, 3.05) is 0 Å². The lowest BCUT2D eigenvalue weighted by Gasteiger charge is -2.22. The number of hydrogen-bond donors (Lipinski definition) is 0. The first-order valence-electron chi connectivity index (χ1n) is 6.57. The number of rotatable bonds is 1. The molecule has 20 heavy (non-hydrogen) atoms. The zero-order valence-electron chi connectivity index (χ0n) is 11.5. The summed E-state index contributed by atoms with van der Waals surface area (Å²) in [6.45, 7) is 1.30. The lowest BCUT2D eigenvalue weighted by molar-refractivity contribution is -0.132. The van der Waals surface area contributed by atoms with Gasteiger partial charge in [-0.25, -0.2) is 0 Å². The molecule has 0 spiro atoms. The number of nitrogens with zero attached hydrogens (tertiary/aromatic N) is 1. The maximum absolute atomic E-state index is 12.2. The van der Waals surface area contributed by atoms with Gasteiger partial charge in [0, 0.05) is 25.2 Å². The van der Waals surface area contributed by atoms with E-state index in [1.54, 1.807) is 17.7 Å². The molecule has 102 valence electrons. The molecule has 2 aromatic rings. The highest BCUT2D eigenvalue weighted by Crippen LogP contribution is 2.33. The van der Waals surface area contributed by atoms with Gasteiger partial charge in [-0.3, -0.25) is 9.59 Å². The number of benzene rings is 1. The van der Waals surface area contributed by atoms with Crippen LogP contribution < -0.4 is 10.3 Å². The van der Waals surface area contributed by atoms with Crippen molar-refractivity contribution in [1.29, 1.82) is 0 Å². The van der Waals surface area contributed by atoms with Gasteiger partial charge in [-0.1, -0.05) is 24.3 Å². The number of pyridine rings is 1. The number of aryl methyl sites for hydroxylation is 1. The second kappa shape index (κ2) is 4.63. The van der Waals surface area contributed by atoms with E-state index in [9.17, 15) is 9.59 Å². The highest BCUT2D eigenvalue weighted by Gasteiger charge is 2.21. The fourth-order valence-corrected chi connectivity index (χ4v) is 2.76. The Morgan fingerprint density at radius 1 is 1.20 bits per heavy atom. The molecule has 0 N–H and O–H groups in total. The van der Waals surface area contributed by atoms with Gasteiger partial charge < -0.3 is 9.30 Å². The quantitative estimate of drug-likeness (QED) is 0.745. The molecular formula is C16H15NO3. The Morgan fingerprint density at radius 2 is 1.95 bits per heavy atom. The molecule has 0 unspecified atom stereocenters. The zero-order chi connectivity index (χ0) is 14.3. The van der Waals surface area contributed by atoms with Crippen LogP contribution in [-0.2, 0) is 24.7 Å². The minimum atomic E-state index is -0.480. The molecule has 1 aliphatic rings. The number of hydrogen-bond acceptors (Lipinski definition) is 3. The van der Waals surface area contributed by atoms with Crippen LogP contribution in [0.25, 0.3) is 11.1 Å². The number of fused-ring (bicyclic) bond motifs is 3. The van der Waals surface area contributed by atoms with Gasteiger partial charge in [0.1, 0.15) is 0 Å². The molecule has 1 heterocycles. The first-order chi connectivity index (χ1) is 9.58. The molecule has 1 aliphatic carbocycles. The van der Waals surface area contributed by atoms with Gasteiger partial charge in [0.2, 0.25) is 0 Å². The number of carbonyl (C=O) groups excluding carboxylic acids is 1. The van der Waals surface area contributed by atoms with E-state index in [0.717, 1.165) is 29.7 Å². The lowest BCUT2D eigenvalue weighted by Crippen LogP contribution is -2.26. The van der Waals surface area contributed by atoms with E-state index in [1.165, 1.54) is 12.5 Å². The summed E-state index contributed by atoms with van der Waals surface area (Å²) in [7, 11) is 1.72. The smallest absolute Gasteiger partial charge is 0.308 e. The largest absolute Gasteiger partial charge is 0.421 e. The number of esters is 1. The summed E-state index contributed by atoms with van der Waals surface area (Å²) in [4.78, 5) is 23.3. The topological polar surface area (TPSA) is 48.3 Å². The molecule has 4 nitrogen and oxygen atoms in total. The minimum Gasteiger partial charge on any atom is -0.421 e. The standard InChI is InChI=1S/C16H15NO3/c1-10(18)20-15-9-13-12-6-4-3-5-11(12)7-8-14(13)17(2)16(15)19/h3-6,9H,7-8H2,1-2H3. The van der Waals surface area contributed by atoms with Crippen LogP contribution in [0.5, 0.6) is 5.75 Å². The number of ether oxygens (including phenoxy) is 1. The van der Waals surface area contributed by atoms with Gasteiger partial charge in [-0.15, -0.1) is 0 Å². The van der Waals surface area contributed by atoms with E-state index in [-0.39, 0.29) is 11.3 Å². The van der Waals surface area contributed by atoms with Gasteiger partial charge >= 0.3 is 5.97 Å². The van der Waals surface area contributed by atoms with E-state index in [0.29, 0.717) is 0 Å². The van der Waals surface area contributed by atoms with Gasteiger partial charge in [-0.2, -0.15) is 0 Å². The first kappa shape index (κ1) is 12.7. The molecule has 0 bridgehead atoms. The van der Waals surface area contributed by atoms with Crippen LogP contribution in [0.3, 0.4) is 0 Å². The third-order valence-corrected chi connectivity index (χ3v) is 3.70. The summed E-state index contributed by atoms with van der Waals surface area (Å²) in [6, 6.07) is 9.81. The van der Waals surface area contributed by atoms with Crippen LogP contribution in [-0.4, -0.2) is 10.5 Å². The number of carbonyl (C=O) groups is 1. The average molecular weight is 269 g/mol. The predicted octanol–water partition coefficient (Wildman–Crippen LogP) is 2.08. The Morgan fingerprint density at radius 3 is 2.70 bits per heavy atom. The van der Waals surface area contributed by atoms with Gasteiger partial charge in [0.05, 0.1) is 0 Å². The molecule has 0 saturated heterocycles. The van der Waals surface area contributed by atoms with Crippen molar-refractivity contribution in [2.45, 2.75) is 19.8 Å². The Balaban J connectivity index is 2.26. The van der Waals surface area contributed by atoms with E-state index in [4.69, 9.17) is 4.74 Å². The fourth-order valence-electron chi connectivity index (χ4n) is 2.76. The third-order valence-electron chi connectivity index (χ3n) is 3.70. The van der Waals surface area contributed by atoms with Crippen LogP contribution in [0.1, 0.15) is 18.2 Å². The van der Waals surface area contributed by atoms with Crippen molar-refractivity contribution < 1.29 is 9.53 Å². The van der Waals surface area contributed by atoms with Crippen molar-refractivity contribution in [3.63, 3.8) is 0 Å². The highest BCUT2D eigenvalue weighted by atomic mass is 16.5. The van der Waals surface area contributed by atoms with E-state index in [1.807, 2.05) is 18.2 Å². The molecule has 0 aliphatic heterocycles. The molecule has 4 heteroatoms. The van der Waals surface area contributed by atoms with Crippen molar-refractivity contribution in [2.24, 2.45) is 7.05 Å². The van der Waals surface area contributed by atoms with Crippen LogP contribution in [0.4, 0.5) is 0 Å². The SMILES string of the molecule is CC(=O)Oc1cc2c(n(C)c1=O)CCc1ccccc1-2. The Bertz CT molecular complexity index is 759. The van der Waals surface area contributed by atoms with E-state index >= 15 is 0 Å². The second-order valence-corrected chi connectivity index (χ2v) is 4.98. The van der Waals surface area contributed by atoms with Crippen molar-refractivity contribution in [3.8, 4) is 16.9 Å². The Hall–Kier alpha value is -2.36. The number of aromatic nitrogens is 1. The molecule has 3 rings (SSSR count). The second-order valence-electron chi connectivity index (χ2n) is 4.98. The summed E-state index contributed by atoms with van der Waals surface area (Å²) >= 11 is 0. The Kier molecular flexibility index (Phi) is 2.93. The molecule has 0 saturated carbocycles. The monoisotopic (exact) mass is 269 g/mol. The summed E-state index contributed by atoms with van der Waals surface area (Å²) in [5, 5.41) is 0. The van der Waals surface area contributed by atoms with Crippen LogP contribution in [0.2, 0.25) is 0 Å². The average Bonchev–Trinajstić information content (AvgIpc) is 2.43. The molecular weight excluding hydrogens is 254 g/mol. The zero-order valence-corrected chi connectivity index (χ0v) is 11.5. The summed E-state index contributed by atoms with van der Waals surface area (Å²) < 4.78 is 6.62. The summed E-state index contributed by atoms with van der Waals surface area (Å²) in [6.07, 6.45) is 1.74. The van der Waals surface area contributed by atoms with E-state index < -0.39 is 5.97 Å².